The van der Waals surface area contributed by atoms with E-state index in [2.05, 4.69) is 22.1 Å². The number of rotatable bonds is 3. The number of aromatic amines is 1. The summed E-state index contributed by atoms with van der Waals surface area (Å²) in [6.07, 6.45) is 0. The zero-order valence-electron chi connectivity index (χ0n) is 9.86. The van der Waals surface area contributed by atoms with Crippen LogP contribution in [0.4, 0.5) is 0 Å². The van der Waals surface area contributed by atoms with E-state index in [1.807, 2.05) is 0 Å². The molecule has 0 spiro atoms. The number of nitrogens with two attached hydrogens (primary N) is 1. The van der Waals surface area contributed by atoms with Crippen molar-refractivity contribution in [2.24, 2.45) is 5.73 Å². The Hall–Kier alpha value is -1.88. The van der Waals surface area contributed by atoms with Gasteiger partial charge in [-0.3, -0.25) is 9.59 Å². The van der Waals surface area contributed by atoms with Crippen molar-refractivity contribution in [1.29, 1.82) is 0 Å². The molecule has 0 radical (unpaired) electrons. The molecule has 0 aliphatic rings. The van der Waals surface area contributed by atoms with Gasteiger partial charge in [-0.05, 0) is 6.07 Å². The summed E-state index contributed by atoms with van der Waals surface area (Å²) in [7, 11) is 0. The molecule has 2 aromatic rings. The Morgan fingerprint density at radius 3 is 2.95 bits per heavy atom. The summed E-state index contributed by atoms with van der Waals surface area (Å²) in [5, 5.41) is 6.16. The van der Waals surface area contributed by atoms with Crippen molar-refractivity contribution < 1.29 is 4.79 Å². The Bertz CT molecular complexity index is 687. The molecule has 4 N–H and O–H groups in total. The third-order valence-corrected chi connectivity index (χ3v) is 3.75. The van der Waals surface area contributed by atoms with Crippen LogP contribution in [0.25, 0.3) is 0 Å². The van der Waals surface area contributed by atoms with Crippen molar-refractivity contribution in [3.8, 4) is 11.8 Å². The summed E-state index contributed by atoms with van der Waals surface area (Å²) in [5.74, 6) is 5.42. The molecule has 0 aliphatic heterocycles. The van der Waals surface area contributed by atoms with Gasteiger partial charge in [0.25, 0.3) is 5.91 Å². The highest BCUT2D eigenvalue weighted by Crippen LogP contribution is 2.13. The summed E-state index contributed by atoms with van der Waals surface area (Å²) < 4.78 is 0. The van der Waals surface area contributed by atoms with Crippen LogP contribution in [0.1, 0.15) is 20.9 Å². The van der Waals surface area contributed by atoms with Crippen molar-refractivity contribution >= 4 is 28.6 Å². The van der Waals surface area contributed by atoms with E-state index >= 15 is 0 Å². The Morgan fingerprint density at radius 1 is 1.42 bits per heavy atom. The summed E-state index contributed by atoms with van der Waals surface area (Å²) in [6.45, 7) is 0.599. The highest BCUT2D eigenvalue weighted by atomic mass is 32.1. The molecule has 2 rings (SSSR count). The Kier molecular flexibility index (Phi) is 4.52. The van der Waals surface area contributed by atoms with Gasteiger partial charge in [0.05, 0.1) is 23.5 Å². The van der Waals surface area contributed by atoms with Gasteiger partial charge in [-0.25, -0.2) is 0 Å². The first kappa shape index (κ1) is 13.5. The smallest absolute Gasteiger partial charge is 0.304 e. The number of hydrogen-bond donors (Lipinski definition) is 3. The van der Waals surface area contributed by atoms with Crippen LogP contribution in [0.3, 0.4) is 0 Å². The fourth-order valence-corrected chi connectivity index (χ4v) is 2.67. The standard InChI is InChI=1S/C12H11N3O2S2/c13-3-1-2-10-4-8(6-18-10)11(16)14-5-9-7-19-12(17)15-9/h4,6-7H,3,5,13H2,(H,14,16)(H,15,17). The SMILES string of the molecule is NCC#Cc1cc(C(=O)NCc2csc(=O)[nH]2)cs1. The number of aromatic nitrogens is 1. The number of carbonyl (C=O) groups is 1. The van der Waals surface area contributed by atoms with Gasteiger partial charge in [0, 0.05) is 16.5 Å². The second-order valence-electron chi connectivity index (χ2n) is 3.56. The fraction of sp³-hybridized carbons (Fsp3) is 0.167. The quantitative estimate of drug-likeness (QED) is 0.729. The Morgan fingerprint density at radius 2 is 2.26 bits per heavy atom. The van der Waals surface area contributed by atoms with Gasteiger partial charge >= 0.3 is 4.87 Å². The second-order valence-corrected chi connectivity index (χ2v) is 5.32. The summed E-state index contributed by atoms with van der Waals surface area (Å²) in [4.78, 5) is 26.1. The molecule has 0 saturated heterocycles. The summed E-state index contributed by atoms with van der Waals surface area (Å²) in [5.41, 5.74) is 6.54. The molecule has 0 unspecified atom stereocenters. The van der Waals surface area contributed by atoms with E-state index in [0.29, 0.717) is 24.3 Å². The van der Waals surface area contributed by atoms with E-state index in [4.69, 9.17) is 5.73 Å². The first-order chi connectivity index (χ1) is 9.19. The van der Waals surface area contributed by atoms with E-state index < -0.39 is 0 Å². The maximum atomic E-state index is 11.8. The Labute approximate surface area is 117 Å². The lowest BCUT2D eigenvalue weighted by molar-refractivity contribution is 0.0951. The first-order valence-corrected chi connectivity index (χ1v) is 7.17. The molecule has 19 heavy (non-hydrogen) atoms. The molecule has 0 atom stereocenters. The highest BCUT2D eigenvalue weighted by Gasteiger charge is 2.08. The lowest BCUT2D eigenvalue weighted by Crippen LogP contribution is -2.22. The maximum absolute atomic E-state index is 11.8. The van der Waals surface area contributed by atoms with Crippen molar-refractivity contribution in [2.75, 3.05) is 6.54 Å². The van der Waals surface area contributed by atoms with Crippen LogP contribution in [-0.4, -0.2) is 17.4 Å². The molecule has 2 aromatic heterocycles. The molecule has 0 saturated carbocycles. The number of amides is 1. The van der Waals surface area contributed by atoms with Crippen LogP contribution in [0.15, 0.2) is 21.6 Å². The van der Waals surface area contributed by atoms with Crippen LogP contribution >= 0.6 is 22.7 Å². The van der Waals surface area contributed by atoms with Gasteiger partial charge < -0.3 is 16.0 Å². The predicted molar refractivity (Wildman–Crippen MR) is 76.4 cm³/mol. The Balaban J connectivity index is 1.96. The third-order valence-electron chi connectivity index (χ3n) is 2.19. The largest absolute Gasteiger partial charge is 0.346 e. The normalized spacial score (nSPS) is 9.74. The lowest BCUT2D eigenvalue weighted by Gasteiger charge is -2.00. The van der Waals surface area contributed by atoms with Crippen LogP contribution in [0, 0.1) is 11.8 Å². The van der Waals surface area contributed by atoms with Crippen LogP contribution in [-0.2, 0) is 6.54 Å². The molecule has 98 valence electrons. The molecule has 0 aromatic carbocycles. The lowest BCUT2D eigenvalue weighted by atomic mass is 10.3. The molecule has 0 fully saturated rings. The average molecular weight is 293 g/mol. The third kappa shape index (κ3) is 3.79. The summed E-state index contributed by atoms with van der Waals surface area (Å²) in [6, 6.07) is 1.72. The molecule has 2 heterocycles. The van der Waals surface area contributed by atoms with E-state index in [0.717, 1.165) is 16.2 Å². The highest BCUT2D eigenvalue weighted by molar-refractivity contribution is 7.10. The van der Waals surface area contributed by atoms with Crippen LogP contribution in [0.5, 0.6) is 0 Å². The van der Waals surface area contributed by atoms with Crippen molar-refractivity contribution in [3.63, 3.8) is 0 Å². The monoisotopic (exact) mass is 293 g/mol. The number of H-pyrrole nitrogens is 1. The number of hydrogen-bond acceptors (Lipinski definition) is 5. The summed E-state index contributed by atoms with van der Waals surface area (Å²) >= 11 is 2.47. The van der Waals surface area contributed by atoms with E-state index in [-0.39, 0.29) is 10.8 Å². The van der Waals surface area contributed by atoms with Gasteiger partial charge in [0.15, 0.2) is 0 Å². The van der Waals surface area contributed by atoms with Gasteiger partial charge in [0.1, 0.15) is 0 Å². The van der Waals surface area contributed by atoms with Crippen LogP contribution < -0.4 is 15.9 Å². The van der Waals surface area contributed by atoms with Crippen LogP contribution in [0.2, 0.25) is 0 Å². The predicted octanol–water partition coefficient (Wildman–Crippen LogP) is 0.738. The number of thiophene rings is 1. The van der Waals surface area contributed by atoms with Gasteiger partial charge in [0.2, 0.25) is 0 Å². The molecule has 0 bridgehead atoms. The zero-order chi connectivity index (χ0) is 13.7. The second kappa shape index (κ2) is 6.33. The minimum atomic E-state index is -0.191. The van der Waals surface area contributed by atoms with E-state index in [1.54, 1.807) is 16.8 Å². The molecule has 5 nitrogen and oxygen atoms in total. The van der Waals surface area contributed by atoms with Crippen molar-refractivity contribution in [2.45, 2.75) is 6.54 Å². The topological polar surface area (TPSA) is 88.0 Å². The van der Waals surface area contributed by atoms with Gasteiger partial charge in [-0.1, -0.05) is 23.2 Å². The maximum Gasteiger partial charge on any atom is 0.304 e. The average Bonchev–Trinajstić information content (AvgIpc) is 3.02. The fourth-order valence-electron chi connectivity index (χ4n) is 1.34. The number of thiazole rings is 1. The molecular formula is C12H11N3O2S2. The number of nitrogens with one attached hydrogen (secondary N) is 2. The van der Waals surface area contributed by atoms with Gasteiger partial charge in [-0.2, -0.15) is 0 Å². The molecule has 7 heteroatoms. The van der Waals surface area contributed by atoms with E-state index in [9.17, 15) is 9.59 Å². The first-order valence-electron chi connectivity index (χ1n) is 5.41. The molecule has 0 aliphatic carbocycles. The van der Waals surface area contributed by atoms with Crippen molar-refractivity contribution in [3.05, 3.63) is 42.6 Å². The molecular weight excluding hydrogens is 282 g/mol. The minimum absolute atomic E-state index is 0.126. The van der Waals surface area contributed by atoms with Crippen molar-refractivity contribution in [1.82, 2.24) is 10.3 Å². The zero-order valence-corrected chi connectivity index (χ0v) is 11.5. The minimum Gasteiger partial charge on any atom is -0.346 e. The van der Waals surface area contributed by atoms with E-state index in [1.165, 1.54) is 11.3 Å². The van der Waals surface area contributed by atoms with Gasteiger partial charge in [-0.15, -0.1) is 11.3 Å². The number of carbonyl (C=O) groups excluding carboxylic acids is 1. The molecule has 1 amide bonds.